The van der Waals surface area contributed by atoms with Gasteiger partial charge in [-0.15, -0.1) is 0 Å². The zero-order chi connectivity index (χ0) is 16.4. The molecule has 6 nitrogen and oxygen atoms in total. The minimum Gasteiger partial charge on any atom is -0.394 e. The molecule has 0 saturated carbocycles. The fourth-order valence-corrected chi connectivity index (χ4v) is 1.83. The molecule has 1 atom stereocenters. The molecule has 1 rings (SSSR count). The van der Waals surface area contributed by atoms with E-state index in [2.05, 4.69) is 10.6 Å². The second-order valence-electron chi connectivity index (χ2n) is 4.96. The maximum Gasteiger partial charge on any atom is 0.309 e. The van der Waals surface area contributed by atoms with Crippen LogP contribution in [0.3, 0.4) is 0 Å². The molecular weight excluding hydrogens is 284 g/mol. The van der Waals surface area contributed by atoms with E-state index in [1.807, 2.05) is 38.1 Å². The lowest BCUT2D eigenvalue weighted by Crippen LogP contribution is -2.42. The van der Waals surface area contributed by atoms with Crippen LogP contribution in [0, 0.1) is 6.92 Å². The lowest BCUT2D eigenvalue weighted by Gasteiger charge is -2.18. The minimum atomic E-state index is -0.682. The molecule has 1 aromatic rings. The fraction of sp³-hybridized carbons (Fsp3) is 0.500. The fourth-order valence-electron chi connectivity index (χ4n) is 1.83. The van der Waals surface area contributed by atoms with Gasteiger partial charge in [0.15, 0.2) is 0 Å². The summed E-state index contributed by atoms with van der Waals surface area (Å²) in [6, 6.07) is 7.70. The molecule has 1 aromatic carbocycles. The summed E-state index contributed by atoms with van der Waals surface area (Å²) >= 11 is 0. The van der Waals surface area contributed by atoms with Crippen LogP contribution in [0.1, 0.15) is 30.6 Å². The van der Waals surface area contributed by atoms with Gasteiger partial charge in [-0.05, 0) is 18.9 Å². The number of ether oxygens (including phenoxy) is 1. The number of hydrogen-bond acceptors (Lipinski definition) is 4. The Labute approximate surface area is 130 Å². The third kappa shape index (κ3) is 6.24. The van der Waals surface area contributed by atoms with E-state index >= 15 is 0 Å². The highest BCUT2D eigenvalue weighted by Gasteiger charge is 2.17. The SMILES string of the molecule is CCCNC(=O)C(=O)NCC(OCCO)c1ccc(C)cc1. The first-order valence-electron chi connectivity index (χ1n) is 7.43. The smallest absolute Gasteiger partial charge is 0.309 e. The van der Waals surface area contributed by atoms with Crippen LogP contribution in [0.15, 0.2) is 24.3 Å². The van der Waals surface area contributed by atoms with E-state index < -0.39 is 17.9 Å². The number of aliphatic hydroxyl groups is 1. The van der Waals surface area contributed by atoms with Crippen LogP contribution in [0.25, 0.3) is 0 Å². The summed E-state index contributed by atoms with van der Waals surface area (Å²) in [4.78, 5) is 23.2. The van der Waals surface area contributed by atoms with Crippen molar-refractivity contribution in [1.82, 2.24) is 10.6 Å². The highest BCUT2D eigenvalue weighted by molar-refractivity contribution is 6.35. The van der Waals surface area contributed by atoms with Gasteiger partial charge in [0.25, 0.3) is 0 Å². The second-order valence-corrected chi connectivity index (χ2v) is 4.96. The van der Waals surface area contributed by atoms with Crippen LogP contribution in [0.5, 0.6) is 0 Å². The van der Waals surface area contributed by atoms with Crippen LogP contribution >= 0.6 is 0 Å². The summed E-state index contributed by atoms with van der Waals surface area (Å²) in [6.07, 6.45) is 0.362. The molecule has 3 N–H and O–H groups in total. The molecule has 0 bridgehead atoms. The molecule has 0 aliphatic rings. The Hall–Kier alpha value is -1.92. The lowest BCUT2D eigenvalue weighted by atomic mass is 10.1. The summed E-state index contributed by atoms with van der Waals surface area (Å²) < 4.78 is 5.53. The summed E-state index contributed by atoms with van der Waals surface area (Å²) in [5.41, 5.74) is 2.00. The van der Waals surface area contributed by atoms with Crippen molar-refractivity contribution in [3.8, 4) is 0 Å². The van der Waals surface area contributed by atoms with Crippen LogP contribution in [-0.4, -0.2) is 43.2 Å². The number of carbonyl (C=O) groups excluding carboxylic acids is 2. The minimum absolute atomic E-state index is 0.104. The molecule has 6 heteroatoms. The van der Waals surface area contributed by atoms with Crippen molar-refractivity contribution in [2.45, 2.75) is 26.4 Å². The maximum atomic E-state index is 11.7. The van der Waals surface area contributed by atoms with Gasteiger partial charge in [0.2, 0.25) is 0 Å². The molecule has 0 fully saturated rings. The largest absolute Gasteiger partial charge is 0.394 e. The zero-order valence-corrected chi connectivity index (χ0v) is 13.1. The topological polar surface area (TPSA) is 87.7 Å². The number of benzene rings is 1. The van der Waals surface area contributed by atoms with E-state index in [4.69, 9.17) is 9.84 Å². The standard InChI is InChI=1S/C16H24N2O4/c1-3-8-17-15(20)16(21)18-11-14(22-10-9-19)13-6-4-12(2)5-7-13/h4-7,14,19H,3,8-11H2,1-2H3,(H,17,20)(H,18,21). The Morgan fingerprint density at radius 2 is 1.82 bits per heavy atom. The van der Waals surface area contributed by atoms with Crippen molar-refractivity contribution in [3.05, 3.63) is 35.4 Å². The van der Waals surface area contributed by atoms with Gasteiger partial charge in [-0.25, -0.2) is 0 Å². The number of rotatable bonds is 8. The summed E-state index contributed by atoms with van der Waals surface area (Å²) in [5, 5.41) is 14.0. The van der Waals surface area contributed by atoms with Crippen molar-refractivity contribution in [2.24, 2.45) is 0 Å². The summed E-state index contributed by atoms with van der Waals surface area (Å²) in [6.45, 7) is 4.58. The van der Waals surface area contributed by atoms with E-state index in [1.165, 1.54) is 0 Å². The van der Waals surface area contributed by atoms with Gasteiger partial charge < -0.3 is 20.5 Å². The normalized spacial score (nSPS) is 11.8. The molecular formula is C16H24N2O4. The van der Waals surface area contributed by atoms with Crippen LogP contribution in [0.4, 0.5) is 0 Å². The van der Waals surface area contributed by atoms with Crippen molar-refractivity contribution in [1.29, 1.82) is 0 Å². The quantitative estimate of drug-likeness (QED) is 0.617. The highest BCUT2D eigenvalue weighted by atomic mass is 16.5. The molecule has 0 heterocycles. The molecule has 0 aromatic heterocycles. The zero-order valence-electron chi connectivity index (χ0n) is 13.1. The third-order valence-corrected chi connectivity index (χ3v) is 3.05. The van der Waals surface area contributed by atoms with Crippen LogP contribution in [-0.2, 0) is 14.3 Å². The molecule has 0 aliphatic carbocycles. The first-order chi connectivity index (χ1) is 10.6. The van der Waals surface area contributed by atoms with E-state index in [0.717, 1.165) is 17.5 Å². The Balaban J connectivity index is 2.59. The van der Waals surface area contributed by atoms with Crippen LogP contribution in [0.2, 0.25) is 0 Å². The average molecular weight is 308 g/mol. The molecule has 122 valence electrons. The van der Waals surface area contributed by atoms with Crippen molar-refractivity contribution in [3.63, 3.8) is 0 Å². The van der Waals surface area contributed by atoms with Gasteiger partial charge in [0.1, 0.15) is 0 Å². The van der Waals surface area contributed by atoms with Crippen molar-refractivity contribution >= 4 is 11.8 Å². The van der Waals surface area contributed by atoms with E-state index in [0.29, 0.717) is 6.54 Å². The Morgan fingerprint density at radius 1 is 1.18 bits per heavy atom. The Kier molecular flexibility index (Phi) is 8.17. The Morgan fingerprint density at radius 3 is 2.41 bits per heavy atom. The maximum absolute atomic E-state index is 11.7. The molecule has 1 unspecified atom stereocenters. The second kappa shape index (κ2) is 9.92. The van der Waals surface area contributed by atoms with Crippen LogP contribution < -0.4 is 10.6 Å². The molecule has 0 radical (unpaired) electrons. The van der Waals surface area contributed by atoms with Gasteiger partial charge in [0, 0.05) is 13.1 Å². The van der Waals surface area contributed by atoms with Gasteiger partial charge in [-0.1, -0.05) is 36.8 Å². The van der Waals surface area contributed by atoms with Crippen molar-refractivity contribution < 1.29 is 19.4 Å². The number of hydrogen-bond donors (Lipinski definition) is 3. The van der Waals surface area contributed by atoms with Gasteiger partial charge in [-0.2, -0.15) is 0 Å². The summed E-state index contributed by atoms with van der Waals surface area (Å²) in [7, 11) is 0. The molecule has 0 aliphatic heterocycles. The van der Waals surface area contributed by atoms with E-state index in [1.54, 1.807) is 0 Å². The van der Waals surface area contributed by atoms with E-state index in [-0.39, 0.29) is 19.8 Å². The van der Waals surface area contributed by atoms with E-state index in [9.17, 15) is 9.59 Å². The average Bonchev–Trinajstić information content (AvgIpc) is 2.53. The Bertz CT molecular complexity index is 474. The predicted octanol–water partition coefficient (Wildman–Crippen LogP) is 0.687. The van der Waals surface area contributed by atoms with Gasteiger partial charge in [0.05, 0.1) is 19.3 Å². The number of aliphatic hydroxyl groups excluding tert-OH is 1. The first kappa shape index (κ1) is 18.1. The predicted molar refractivity (Wildman–Crippen MR) is 83.3 cm³/mol. The third-order valence-electron chi connectivity index (χ3n) is 3.05. The molecule has 22 heavy (non-hydrogen) atoms. The monoisotopic (exact) mass is 308 g/mol. The summed E-state index contributed by atoms with van der Waals surface area (Å²) in [5.74, 6) is -1.33. The molecule has 2 amide bonds. The molecule has 0 saturated heterocycles. The molecule has 0 spiro atoms. The van der Waals surface area contributed by atoms with Gasteiger partial charge >= 0.3 is 11.8 Å². The first-order valence-corrected chi connectivity index (χ1v) is 7.43. The van der Waals surface area contributed by atoms with Gasteiger partial charge in [-0.3, -0.25) is 9.59 Å². The number of nitrogens with one attached hydrogen (secondary N) is 2. The highest BCUT2D eigenvalue weighted by Crippen LogP contribution is 2.17. The lowest BCUT2D eigenvalue weighted by molar-refractivity contribution is -0.139. The number of amides is 2. The number of carbonyl (C=O) groups is 2. The van der Waals surface area contributed by atoms with Crippen molar-refractivity contribution in [2.75, 3.05) is 26.3 Å². The number of aryl methyl sites for hydroxylation is 1.